The predicted octanol–water partition coefficient (Wildman–Crippen LogP) is 1.16. The monoisotopic (exact) mass is 226 g/mol. The van der Waals surface area contributed by atoms with E-state index in [0.717, 1.165) is 25.8 Å². The van der Waals surface area contributed by atoms with E-state index in [1.165, 1.54) is 4.90 Å². The maximum Gasteiger partial charge on any atom is 0.235 e. The Bertz CT molecular complexity index is 272. The average molecular weight is 226 g/mol. The summed E-state index contributed by atoms with van der Waals surface area (Å²) in [5.41, 5.74) is -0.406. The summed E-state index contributed by atoms with van der Waals surface area (Å²) in [6.45, 7) is 5.38. The lowest BCUT2D eigenvalue weighted by Gasteiger charge is -2.23. The molecular formula is C12H22N2O2. The van der Waals surface area contributed by atoms with Crippen LogP contribution in [-0.4, -0.2) is 36.9 Å². The normalized spacial score (nSPS) is 19.6. The lowest BCUT2D eigenvalue weighted by molar-refractivity contribution is -0.141. The average Bonchev–Trinajstić information content (AvgIpc) is 2.53. The molecular weight excluding hydrogens is 204 g/mol. The topological polar surface area (TPSA) is 49.4 Å². The highest BCUT2D eigenvalue weighted by Crippen LogP contribution is 2.38. The van der Waals surface area contributed by atoms with Gasteiger partial charge < -0.3 is 5.32 Å². The minimum Gasteiger partial charge on any atom is -0.320 e. The van der Waals surface area contributed by atoms with Crippen LogP contribution >= 0.6 is 0 Å². The van der Waals surface area contributed by atoms with E-state index in [9.17, 15) is 9.59 Å². The number of hydrogen-bond donors (Lipinski definition) is 1. The molecule has 0 aromatic heterocycles. The van der Waals surface area contributed by atoms with Gasteiger partial charge in [-0.15, -0.1) is 0 Å². The van der Waals surface area contributed by atoms with Crippen LogP contribution in [0.1, 0.15) is 39.5 Å². The second-order valence-corrected chi connectivity index (χ2v) is 4.47. The van der Waals surface area contributed by atoms with Gasteiger partial charge in [-0.05, 0) is 32.9 Å². The zero-order valence-electron chi connectivity index (χ0n) is 10.5. The van der Waals surface area contributed by atoms with Gasteiger partial charge in [0.25, 0.3) is 0 Å². The smallest absolute Gasteiger partial charge is 0.235 e. The fraction of sp³-hybridized carbons (Fsp3) is 0.833. The lowest BCUT2D eigenvalue weighted by Crippen LogP contribution is -2.36. The van der Waals surface area contributed by atoms with E-state index in [1.807, 2.05) is 20.9 Å². The summed E-state index contributed by atoms with van der Waals surface area (Å²) in [6.07, 6.45) is 2.75. The molecule has 1 aliphatic rings. The zero-order valence-corrected chi connectivity index (χ0v) is 10.5. The standard InChI is InChI=1S/C12H22N2O2/c1-4-12(5-2)9-10(15)14(11(12)16)8-6-7-13-3/h13H,4-9H2,1-3H3. The number of nitrogens with zero attached hydrogens (tertiary/aromatic N) is 1. The first kappa shape index (κ1) is 13.2. The molecule has 0 aromatic carbocycles. The van der Waals surface area contributed by atoms with Crippen LogP contribution in [-0.2, 0) is 9.59 Å². The second kappa shape index (κ2) is 5.43. The van der Waals surface area contributed by atoms with Crippen molar-refractivity contribution in [2.24, 2.45) is 5.41 Å². The van der Waals surface area contributed by atoms with Gasteiger partial charge in [-0.1, -0.05) is 13.8 Å². The zero-order chi connectivity index (χ0) is 12.2. The largest absolute Gasteiger partial charge is 0.320 e. The Labute approximate surface area is 97.4 Å². The molecule has 0 saturated carbocycles. The molecule has 0 radical (unpaired) electrons. The van der Waals surface area contributed by atoms with Gasteiger partial charge >= 0.3 is 0 Å². The van der Waals surface area contributed by atoms with Crippen LogP contribution in [0.3, 0.4) is 0 Å². The van der Waals surface area contributed by atoms with Crippen LogP contribution in [0.5, 0.6) is 0 Å². The number of imide groups is 1. The Morgan fingerprint density at radius 3 is 2.38 bits per heavy atom. The summed E-state index contributed by atoms with van der Waals surface area (Å²) in [5, 5.41) is 3.02. The molecule has 92 valence electrons. The van der Waals surface area contributed by atoms with Crippen molar-refractivity contribution in [1.29, 1.82) is 0 Å². The number of carbonyl (C=O) groups excluding carboxylic acids is 2. The number of carbonyl (C=O) groups is 2. The van der Waals surface area contributed by atoms with E-state index < -0.39 is 5.41 Å². The highest BCUT2D eigenvalue weighted by molar-refractivity contribution is 6.05. The van der Waals surface area contributed by atoms with Gasteiger partial charge in [-0.25, -0.2) is 0 Å². The third-order valence-electron chi connectivity index (χ3n) is 3.65. The first-order chi connectivity index (χ1) is 7.61. The molecule has 4 nitrogen and oxygen atoms in total. The molecule has 1 aliphatic heterocycles. The Balaban J connectivity index is 2.67. The van der Waals surface area contributed by atoms with Crippen LogP contribution in [0, 0.1) is 5.41 Å². The van der Waals surface area contributed by atoms with Crippen LogP contribution < -0.4 is 5.32 Å². The van der Waals surface area contributed by atoms with E-state index in [1.54, 1.807) is 0 Å². The van der Waals surface area contributed by atoms with E-state index in [4.69, 9.17) is 0 Å². The van der Waals surface area contributed by atoms with Gasteiger partial charge in [-0.3, -0.25) is 14.5 Å². The maximum absolute atomic E-state index is 12.2. The maximum atomic E-state index is 12.2. The van der Waals surface area contributed by atoms with Crippen molar-refractivity contribution in [3.05, 3.63) is 0 Å². The fourth-order valence-electron chi connectivity index (χ4n) is 2.30. The molecule has 0 atom stereocenters. The number of nitrogens with one attached hydrogen (secondary N) is 1. The lowest BCUT2D eigenvalue weighted by atomic mass is 9.81. The van der Waals surface area contributed by atoms with Gasteiger partial charge in [0.05, 0.1) is 5.41 Å². The van der Waals surface area contributed by atoms with E-state index in [-0.39, 0.29) is 11.8 Å². The minimum absolute atomic E-state index is 0.00445. The number of hydrogen-bond acceptors (Lipinski definition) is 3. The van der Waals surface area contributed by atoms with Crippen molar-refractivity contribution in [2.75, 3.05) is 20.1 Å². The number of likely N-dealkylation sites (tertiary alicyclic amines) is 1. The Morgan fingerprint density at radius 1 is 1.31 bits per heavy atom. The first-order valence-corrected chi connectivity index (χ1v) is 6.10. The predicted molar refractivity (Wildman–Crippen MR) is 62.9 cm³/mol. The van der Waals surface area contributed by atoms with Crippen LogP contribution in [0.4, 0.5) is 0 Å². The van der Waals surface area contributed by atoms with Crippen molar-refractivity contribution < 1.29 is 9.59 Å². The van der Waals surface area contributed by atoms with Crippen LogP contribution in [0.15, 0.2) is 0 Å². The third kappa shape index (κ3) is 2.26. The Kier molecular flexibility index (Phi) is 4.47. The van der Waals surface area contributed by atoms with E-state index in [2.05, 4.69) is 5.32 Å². The molecule has 1 fully saturated rings. The molecule has 1 rings (SSSR count). The summed E-state index contributed by atoms with van der Waals surface area (Å²) in [5.74, 6) is 0.0448. The molecule has 16 heavy (non-hydrogen) atoms. The molecule has 0 aromatic rings. The molecule has 1 saturated heterocycles. The van der Waals surface area contributed by atoms with Crippen molar-refractivity contribution in [2.45, 2.75) is 39.5 Å². The van der Waals surface area contributed by atoms with Crippen molar-refractivity contribution >= 4 is 11.8 Å². The third-order valence-corrected chi connectivity index (χ3v) is 3.65. The molecule has 1 heterocycles. The first-order valence-electron chi connectivity index (χ1n) is 6.10. The summed E-state index contributed by atoms with van der Waals surface area (Å²) < 4.78 is 0. The highest BCUT2D eigenvalue weighted by atomic mass is 16.2. The van der Waals surface area contributed by atoms with Crippen molar-refractivity contribution in [1.82, 2.24) is 10.2 Å². The quantitative estimate of drug-likeness (QED) is 0.546. The summed E-state index contributed by atoms with van der Waals surface area (Å²) in [6, 6.07) is 0. The summed E-state index contributed by atoms with van der Waals surface area (Å²) in [7, 11) is 1.87. The second-order valence-electron chi connectivity index (χ2n) is 4.47. The van der Waals surface area contributed by atoms with E-state index in [0.29, 0.717) is 13.0 Å². The molecule has 0 spiro atoms. The summed E-state index contributed by atoms with van der Waals surface area (Å²) >= 11 is 0. The molecule has 0 bridgehead atoms. The number of rotatable bonds is 6. The van der Waals surface area contributed by atoms with E-state index >= 15 is 0 Å². The SMILES string of the molecule is CCC1(CC)CC(=O)N(CCCNC)C1=O. The van der Waals surface area contributed by atoms with Crippen molar-refractivity contribution in [3.8, 4) is 0 Å². The molecule has 0 aliphatic carbocycles. The molecule has 1 N–H and O–H groups in total. The highest BCUT2D eigenvalue weighted by Gasteiger charge is 2.48. The fourth-order valence-corrected chi connectivity index (χ4v) is 2.30. The Hall–Kier alpha value is -0.900. The molecule has 0 unspecified atom stereocenters. The van der Waals surface area contributed by atoms with Crippen LogP contribution in [0.25, 0.3) is 0 Å². The summed E-state index contributed by atoms with van der Waals surface area (Å²) in [4.78, 5) is 25.4. The van der Waals surface area contributed by atoms with Crippen LogP contribution in [0.2, 0.25) is 0 Å². The van der Waals surface area contributed by atoms with Gasteiger partial charge in [0.1, 0.15) is 0 Å². The van der Waals surface area contributed by atoms with Gasteiger partial charge in [-0.2, -0.15) is 0 Å². The number of amides is 2. The molecule has 2 amide bonds. The van der Waals surface area contributed by atoms with Gasteiger partial charge in [0, 0.05) is 13.0 Å². The Morgan fingerprint density at radius 2 is 1.94 bits per heavy atom. The van der Waals surface area contributed by atoms with Gasteiger partial charge in [0.2, 0.25) is 11.8 Å². The van der Waals surface area contributed by atoms with Gasteiger partial charge in [0.15, 0.2) is 0 Å². The molecule has 4 heteroatoms. The minimum atomic E-state index is -0.406. The van der Waals surface area contributed by atoms with Crippen molar-refractivity contribution in [3.63, 3.8) is 0 Å².